The molecule has 0 amide bonds. The van der Waals surface area contributed by atoms with Crippen LogP contribution in [0.25, 0.3) is 0 Å². The van der Waals surface area contributed by atoms with E-state index in [0.29, 0.717) is 0 Å². The largest absolute Gasteiger partial charge is 0.137 e. The zero-order valence-electron chi connectivity index (χ0n) is 9.04. The van der Waals surface area contributed by atoms with Crippen LogP contribution in [0.5, 0.6) is 0 Å². The first-order valence-electron chi connectivity index (χ1n) is 4.72. The maximum absolute atomic E-state index is 4.01. The standard InChI is InChI=1S/C11H21B/c1-7-10(4)8-12-11(5,6)9(2)3/h12H,2,4,7-8H2,1,3,5-6H3. The molecular weight excluding hydrogens is 143 g/mol. The van der Waals surface area contributed by atoms with Gasteiger partial charge in [-0.15, -0.1) is 13.2 Å². The van der Waals surface area contributed by atoms with Gasteiger partial charge in [-0.25, -0.2) is 0 Å². The Morgan fingerprint density at radius 1 is 1.33 bits per heavy atom. The maximum atomic E-state index is 4.01. The molecule has 0 aromatic heterocycles. The van der Waals surface area contributed by atoms with Crippen LogP contribution in [0.15, 0.2) is 24.3 Å². The van der Waals surface area contributed by atoms with Crippen LogP contribution in [0.4, 0.5) is 0 Å². The highest BCUT2D eigenvalue weighted by molar-refractivity contribution is 6.41. The molecule has 0 aliphatic carbocycles. The van der Waals surface area contributed by atoms with Crippen LogP contribution in [0.2, 0.25) is 11.6 Å². The lowest BCUT2D eigenvalue weighted by Crippen LogP contribution is -2.13. The van der Waals surface area contributed by atoms with Crippen LogP contribution in [0.3, 0.4) is 0 Å². The van der Waals surface area contributed by atoms with Crippen LogP contribution < -0.4 is 0 Å². The van der Waals surface area contributed by atoms with Crippen LogP contribution in [0.1, 0.15) is 34.1 Å². The molecule has 0 heterocycles. The van der Waals surface area contributed by atoms with Gasteiger partial charge in [0.05, 0.1) is 0 Å². The summed E-state index contributed by atoms with van der Waals surface area (Å²) in [5.41, 5.74) is 2.62. The van der Waals surface area contributed by atoms with Crippen LogP contribution in [-0.4, -0.2) is 7.28 Å². The molecule has 0 nitrogen and oxygen atoms in total. The third-order valence-corrected chi connectivity index (χ3v) is 2.76. The van der Waals surface area contributed by atoms with E-state index in [-0.39, 0.29) is 5.31 Å². The molecule has 0 aromatic rings. The SMILES string of the molecule is C=C(CC)CBC(C)(C)C(=C)C. The first kappa shape index (κ1) is 11.5. The number of allylic oxidation sites excluding steroid dienone is 2. The van der Waals surface area contributed by atoms with Crippen molar-refractivity contribution in [3.05, 3.63) is 24.3 Å². The molecule has 0 saturated heterocycles. The number of hydrogen-bond acceptors (Lipinski definition) is 0. The molecule has 1 heteroatoms. The molecule has 0 saturated carbocycles. The zero-order chi connectivity index (χ0) is 9.78. The van der Waals surface area contributed by atoms with Crippen molar-refractivity contribution in [2.24, 2.45) is 0 Å². The number of rotatable bonds is 5. The van der Waals surface area contributed by atoms with E-state index in [1.165, 1.54) is 18.4 Å². The van der Waals surface area contributed by atoms with Gasteiger partial charge >= 0.3 is 0 Å². The van der Waals surface area contributed by atoms with Gasteiger partial charge in [-0.3, -0.25) is 0 Å². The molecule has 0 spiro atoms. The van der Waals surface area contributed by atoms with Gasteiger partial charge in [0.15, 0.2) is 0 Å². The highest BCUT2D eigenvalue weighted by Gasteiger charge is 2.19. The first-order chi connectivity index (χ1) is 5.40. The maximum Gasteiger partial charge on any atom is 0.137 e. The zero-order valence-corrected chi connectivity index (χ0v) is 9.04. The second kappa shape index (κ2) is 4.54. The minimum absolute atomic E-state index is 0.276. The summed E-state index contributed by atoms with van der Waals surface area (Å²) in [5, 5.41) is 0.276. The fraction of sp³-hybridized carbons (Fsp3) is 0.636. The van der Waals surface area contributed by atoms with E-state index < -0.39 is 0 Å². The Labute approximate surface area is 78.0 Å². The Morgan fingerprint density at radius 3 is 2.17 bits per heavy atom. The van der Waals surface area contributed by atoms with Crippen molar-refractivity contribution in [1.82, 2.24) is 0 Å². The predicted octanol–water partition coefficient (Wildman–Crippen LogP) is 3.58. The van der Waals surface area contributed by atoms with Gasteiger partial charge in [-0.2, -0.15) is 0 Å². The van der Waals surface area contributed by atoms with Gasteiger partial charge in [0.2, 0.25) is 0 Å². The molecule has 0 radical (unpaired) electrons. The fourth-order valence-corrected chi connectivity index (χ4v) is 0.879. The molecule has 0 unspecified atom stereocenters. The summed E-state index contributed by atoms with van der Waals surface area (Å²) in [6.07, 6.45) is 2.24. The molecule has 0 rings (SSSR count). The summed E-state index contributed by atoms with van der Waals surface area (Å²) in [4.78, 5) is 0. The van der Waals surface area contributed by atoms with Crippen molar-refractivity contribution in [3.8, 4) is 0 Å². The van der Waals surface area contributed by atoms with Gasteiger partial charge in [0.25, 0.3) is 0 Å². The van der Waals surface area contributed by atoms with E-state index in [1.807, 2.05) is 0 Å². The fourth-order valence-electron chi connectivity index (χ4n) is 0.879. The normalized spacial score (nSPS) is 11.0. The highest BCUT2D eigenvalue weighted by Crippen LogP contribution is 2.33. The first-order valence-corrected chi connectivity index (χ1v) is 4.72. The molecule has 0 N–H and O–H groups in total. The van der Waals surface area contributed by atoms with E-state index in [9.17, 15) is 0 Å². The summed E-state index contributed by atoms with van der Waals surface area (Å²) in [5.74, 6) is 0. The van der Waals surface area contributed by atoms with Gasteiger partial charge in [0.1, 0.15) is 7.28 Å². The van der Waals surface area contributed by atoms with Gasteiger partial charge < -0.3 is 0 Å². The molecule has 0 bridgehead atoms. The Hall–Kier alpha value is -0.455. The smallest absolute Gasteiger partial charge is 0.101 e. The van der Waals surface area contributed by atoms with Crippen LogP contribution in [-0.2, 0) is 0 Å². The Kier molecular flexibility index (Phi) is 4.37. The Bertz CT molecular complexity index is 177. The minimum Gasteiger partial charge on any atom is -0.101 e. The second-order valence-corrected chi connectivity index (χ2v) is 4.27. The molecule has 68 valence electrons. The molecule has 0 aliphatic rings. The molecule has 0 aromatic carbocycles. The van der Waals surface area contributed by atoms with E-state index in [2.05, 4.69) is 40.9 Å². The van der Waals surface area contributed by atoms with Crippen molar-refractivity contribution in [2.45, 2.75) is 45.8 Å². The van der Waals surface area contributed by atoms with Crippen molar-refractivity contribution >= 4 is 7.28 Å². The second-order valence-electron chi connectivity index (χ2n) is 4.27. The third-order valence-electron chi connectivity index (χ3n) is 2.76. The monoisotopic (exact) mass is 164 g/mol. The van der Waals surface area contributed by atoms with E-state index >= 15 is 0 Å². The van der Waals surface area contributed by atoms with Gasteiger partial charge in [-0.1, -0.05) is 38.2 Å². The summed E-state index contributed by atoms with van der Waals surface area (Å²) < 4.78 is 0. The summed E-state index contributed by atoms with van der Waals surface area (Å²) in [6.45, 7) is 16.8. The van der Waals surface area contributed by atoms with Crippen LogP contribution >= 0.6 is 0 Å². The average molecular weight is 164 g/mol. The number of hydrogen-bond donors (Lipinski definition) is 0. The van der Waals surface area contributed by atoms with Crippen molar-refractivity contribution in [3.63, 3.8) is 0 Å². The quantitative estimate of drug-likeness (QED) is 0.430. The topological polar surface area (TPSA) is 0 Å². The highest BCUT2D eigenvalue weighted by atomic mass is 14.1. The van der Waals surface area contributed by atoms with Crippen LogP contribution in [0, 0.1) is 0 Å². The van der Waals surface area contributed by atoms with E-state index in [0.717, 1.165) is 12.7 Å². The lowest BCUT2D eigenvalue weighted by molar-refractivity contribution is 0.784. The van der Waals surface area contributed by atoms with Crippen molar-refractivity contribution < 1.29 is 0 Å². The predicted molar refractivity (Wildman–Crippen MR) is 60.2 cm³/mol. The lowest BCUT2D eigenvalue weighted by atomic mass is 9.49. The van der Waals surface area contributed by atoms with Gasteiger partial charge in [-0.05, 0) is 18.7 Å². The Morgan fingerprint density at radius 2 is 1.83 bits per heavy atom. The minimum atomic E-state index is 0.276. The Balaban J connectivity index is 3.92. The van der Waals surface area contributed by atoms with E-state index in [4.69, 9.17) is 0 Å². The summed E-state index contributed by atoms with van der Waals surface area (Å²) >= 11 is 0. The van der Waals surface area contributed by atoms with Gasteiger partial charge in [0, 0.05) is 0 Å². The van der Waals surface area contributed by atoms with Crippen molar-refractivity contribution in [1.29, 1.82) is 0 Å². The average Bonchev–Trinajstić information content (AvgIpc) is 2.00. The molecular formula is C11H21B. The molecule has 0 atom stereocenters. The third kappa shape index (κ3) is 3.80. The van der Waals surface area contributed by atoms with Crippen molar-refractivity contribution in [2.75, 3.05) is 0 Å². The summed E-state index contributed by atoms with van der Waals surface area (Å²) in [6, 6.07) is 0. The van der Waals surface area contributed by atoms with E-state index in [1.54, 1.807) is 0 Å². The molecule has 0 aliphatic heterocycles. The summed E-state index contributed by atoms with van der Waals surface area (Å²) in [7, 11) is 1.18. The lowest BCUT2D eigenvalue weighted by Gasteiger charge is -2.24. The molecule has 0 fully saturated rings. The molecule has 12 heavy (non-hydrogen) atoms.